The number of halogens is 1. The number of benzene rings is 1. The molecule has 2 rings (SSSR count). The molecule has 0 amide bonds. The van der Waals surface area contributed by atoms with Gasteiger partial charge in [0.1, 0.15) is 5.82 Å². The Kier molecular flexibility index (Phi) is 3.79. The number of hydrogen-bond acceptors (Lipinski definition) is 2. The Bertz CT molecular complexity index is 355. The average Bonchev–Trinajstić information content (AvgIpc) is 2.33. The zero-order chi connectivity index (χ0) is 12.3. The molecule has 0 bridgehead atoms. The van der Waals surface area contributed by atoms with E-state index in [4.69, 9.17) is 0 Å². The van der Waals surface area contributed by atoms with Gasteiger partial charge in [-0.15, -0.1) is 0 Å². The van der Waals surface area contributed by atoms with Crippen LogP contribution < -0.4 is 5.32 Å². The fourth-order valence-electron chi connectivity index (χ4n) is 2.60. The third kappa shape index (κ3) is 3.27. The molecule has 1 aliphatic rings. The van der Waals surface area contributed by atoms with E-state index < -0.39 is 5.60 Å². The van der Waals surface area contributed by atoms with Crippen molar-refractivity contribution >= 4 is 0 Å². The Labute approximate surface area is 102 Å². The van der Waals surface area contributed by atoms with Gasteiger partial charge >= 0.3 is 0 Å². The Morgan fingerprint density at radius 1 is 1.29 bits per heavy atom. The molecule has 2 N–H and O–H groups in total. The second kappa shape index (κ2) is 5.15. The second-order valence-electron chi connectivity index (χ2n) is 5.18. The summed E-state index contributed by atoms with van der Waals surface area (Å²) in [4.78, 5) is 0. The van der Waals surface area contributed by atoms with E-state index in [1.807, 2.05) is 6.92 Å². The first-order valence-electron chi connectivity index (χ1n) is 6.25. The number of hydrogen-bond donors (Lipinski definition) is 2. The molecule has 1 heterocycles. The van der Waals surface area contributed by atoms with Gasteiger partial charge in [-0.2, -0.15) is 0 Å². The highest BCUT2D eigenvalue weighted by Crippen LogP contribution is 2.29. The summed E-state index contributed by atoms with van der Waals surface area (Å²) in [6, 6.07) is 6.41. The normalized spacial score (nSPS) is 21.1. The summed E-state index contributed by atoms with van der Waals surface area (Å²) < 4.78 is 12.8. The molecule has 1 fully saturated rings. The van der Waals surface area contributed by atoms with Crippen molar-refractivity contribution in [3.05, 3.63) is 35.6 Å². The maximum Gasteiger partial charge on any atom is 0.123 e. The smallest absolute Gasteiger partial charge is 0.123 e. The van der Waals surface area contributed by atoms with Crippen LogP contribution in [-0.2, 0) is 6.42 Å². The van der Waals surface area contributed by atoms with Gasteiger partial charge in [-0.1, -0.05) is 12.1 Å². The largest absolute Gasteiger partial charge is 0.390 e. The molecule has 1 unspecified atom stereocenters. The Morgan fingerprint density at radius 2 is 1.88 bits per heavy atom. The lowest BCUT2D eigenvalue weighted by atomic mass is 9.78. The van der Waals surface area contributed by atoms with Crippen LogP contribution in [0.25, 0.3) is 0 Å². The molecule has 3 heteroatoms. The van der Waals surface area contributed by atoms with Crippen LogP contribution in [0.5, 0.6) is 0 Å². The highest BCUT2D eigenvalue weighted by molar-refractivity contribution is 5.18. The Morgan fingerprint density at radius 3 is 2.47 bits per heavy atom. The van der Waals surface area contributed by atoms with E-state index in [1.54, 1.807) is 12.1 Å². The third-order valence-corrected chi connectivity index (χ3v) is 3.69. The molecule has 0 spiro atoms. The predicted octanol–water partition coefficient (Wildman–Crippen LogP) is 2.12. The van der Waals surface area contributed by atoms with Crippen LogP contribution in [0.1, 0.15) is 25.3 Å². The molecule has 0 aromatic heterocycles. The maximum atomic E-state index is 12.8. The van der Waals surface area contributed by atoms with Crippen LogP contribution in [-0.4, -0.2) is 23.8 Å². The van der Waals surface area contributed by atoms with Crippen LogP contribution in [0.15, 0.2) is 24.3 Å². The summed E-state index contributed by atoms with van der Waals surface area (Å²) in [6.07, 6.45) is 2.61. The van der Waals surface area contributed by atoms with E-state index in [1.165, 1.54) is 12.1 Å². The SMILES string of the molecule is CC(O)(Cc1ccc(F)cc1)C1CCNCC1. The second-order valence-corrected chi connectivity index (χ2v) is 5.18. The molecular formula is C14H20FNO. The van der Waals surface area contributed by atoms with Crippen LogP contribution in [0.2, 0.25) is 0 Å². The third-order valence-electron chi connectivity index (χ3n) is 3.69. The summed E-state index contributed by atoms with van der Waals surface area (Å²) in [7, 11) is 0. The first-order valence-corrected chi connectivity index (χ1v) is 6.25. The lowest BCUT2D eigenvalue weighted by Gasteiger charge is -2.36. The van der Waals surface area contributed by atoms with Crippen molar-refractivity contribution in [1.29, 1.82) is 0 Å². The zero-order valence-corrected chi connectivity index (χ0v) is 10.2. The summed E-state index contributed by atoms with van der Waals surface area (Å²) in [5.74, 6) is 0.101. The Hall–Kier alpha value is -0.930. The van der Waals surface area contributed by atoms with E-state index in [-0.39, 0.29) is 5.82 Å². The number of rotatable bonds is 3. The molecule has 0 saturated carbocycles. The minimum absolute atomic E-state index is 0.227. The zero-order valence-electron chi connectivity index (χ0n) is 10.2. The topological polar surface area (TPSA) is 32.3 Å². The van der Waals surface area contributed by atoms with Gasteiger partial charge in [-0.25, -0.2) is 4.39 Å². The standard InChI is InChI=1S/C14H20FNO/c1-14(17,12-6-8-16-9-7-12)10-11-2-4-13(15)5-3-11/h2-5,12,16-17H,6-10H2,1H3. The first-order chi connectivity index (χ1) is 8.08. The van der Waals surface area contributed by atoms with E-state index in [0.29, 0.717) is 12.3 Å². The van der Waals surface area contributed by atoms with Gasteiger partial charge in [0.25, 0.3) is 0 Å². The summed E-state index contributed by atoms with van der Waals surface area (Å²) >= 11 is 0. The van der Waals surface area contributed by atoms with Gasteiger partial charge in [0.15, 0.2) is 0 Å². The van der Waals surface area contributed by atoms with Crippen LogP contribution in [0.4, 0.5) is 4.39 Å². The minimum Gasteiger partial charge on any atom is -0.390 e. The molecule has 2 nitrogen and oxygen atoms in total. The lowest BCUT2D eigenvalue weighted by Crippen LogP contribution is -2.43. The number of nitrogens with one attached hydrogen (secondary N) is 1. The van der Waals surface area contributed by atoms with E-state index in [0.717, 1.165) is 31.5 Å². The fourth-order valence-corrected chi connectivity index (χ4v) is 2.60. The molecule has 1 aromatic rings. The highest BCUT2D eigenvalue weighted by Gasteiger charge is 2.32. The van der Waals surface area contributed by atoms with Crippen molar-refractivity contribution in [2.24, 2.45) is 5.92 Å². The van der Waals surface area contributed by atoms with Gasteiger partial charge < -0.3 is 10.4 Å². The molecule has 0 aliphatic carbocycles. The molecule has 94 valence electrons. The van der Waals surface area contributed by atoms with E-state index in [9.17, 15) is 9.50 Å². The maximum absolute atomic E-state index is 12.8. The molecule has 1 saturated heterocycles. The van der Waals surface area contributed by atoms with E-state index >= 15 is 0 Å². The molecule has 17 heavy (non-hydrogen) atoms. The molecular weight excluding hydrogens is 217 g/mol. The average molecular weight is 237 g/mol. The molecule has 0 radical (unpaired) electrons. The fraction of sp³-hybridized carbons (Fsp3) is 0.571. The van der Waals surface area contributed by atoms with Gasteiger partial charge in [0, 0.05) is 6.42 Å². The first kappa shape index (κ1) is 12.5. The van der Waals surface area contributed by atoms with Gasteiger partial charge in [0.2, 0.25) is 0 Å². The van der Waals surface area contributed by atoms with Crippen molar-refractivity contribution in [3.8, 4) is 0 Å². The van der Waals surface area contributed by atoms with Crippen molar-refractivity contribution in [1.82, 2.24) is 5.32 Å². The summed E-state index contributed by atoms with van der Waals surface area (Å²) in [6.45, 7) is 3.85. The minimum atomic E-state index is -0.695. The molecule has 1 aliphatic heterocycles. The van der Waals surface area contributed by atoms with Gasteiger partial charge in [-0.3, -0.25) is 0 Å². The summed E-state index contributed by atoms with van der Waals surface area (Å²) in [5, 5.41) is 13.8. The Balaban J connectivity index is 2.02. The number of piperidine rings is 1. The van der Waals surface area contributed by atoms with Crippen LogP contribution in [0, 0.1) is 11.7 Å². The van der Waals surface area contributed by atoms with Crippen LogP contribution in [0.3, 0.4) is 0 Å². The molecule has 1 aromatic carbocycles. The van der Waals surface area contributed by atoms with Crippen molar-refractivity contribution in [2.75, 3.05) is 13.1 Å². The molecule has 1 atom stereocenters. The van der Waals surface area contributed by atoms with E-state index in [2.05, 4.69) is 5.32 Å². The van der Waals surface area contributed by atoms with Crippen molar-refractivity contribution in [3.63, 3.8) is 0 Å². The van der Waals surface area contributed by atoms with Crippen molar-refractivity contribution in [2.45, 2.75) is 31.8 Å². The highest BCUT2D eigenvalue weighted by atomic mass is 19.1. The van der Waals surface area contributed by atoms with Gasteiger partial charge in [0.05, 0.1) is 5.60 Å². The lowest BCUT2D eigenvalue weighted by molar-refractivity contribution is -0.0131. The monoisotopic (exact) mass is 237 g/mol. The predicted molar refractivity (Wildman–Crippen MR) is 66.3 cm³/mol. The van der Waals surface area contributed by atoms with Gasteiger partial charge in [-0.05, 0) is 56.5 Å². The van der Waals surface area contributed by atoms with Crippen molar-refractivity contribution < 1.29 is 9.50 Å². The number of aliphatic hydroxyl groups is 1. The quantitative estimate of drug-likeness (QED) is 0.844. The summed E-state index contributed by atoms with van der Waals surface area (Å²) in [5.41, 5.74) is 0.301. The van der Waals surface area contributed by atoms with Crippen LogP contribution >= 0.6 is 0 Å².